The molecule has 3 rings (SSSR count). The van der Waals surface area contributed by atoms with Crippen molar-refractivity contribution in [3.8, 4) is 0 Å². The summed E-state index contributed by atoms with van der Waals surface area (Å²) >= 11 is 6.07. The number of carbonyl (C=O) groups is 1. The van der Waals surface area contributed by atoms with Crippen LogP contribution in [0.4, 0.5) is 0 Å². The average molecular weight is 418 g/mol. The van der Waals surface area contributed by atoms with Crippen molar-refractivity contribution in [2.45, 2.75) is 25.0 Å². The Morgan fingerprint density at radius 1 is 0.964 bits per heavy atom. The van der Waals surface area contributed by atoms with Crippen molar-refractivity contribution in [1.29, 1.82) is 0 Å². The third kappa shape index (κ3) is 5.24. The summed E-state index contributed by atoms with van der Waals surface area (Å²) < 4.78 is 30.4. The lowest BCUT2D eigenvalue weighted by molar-refractivity contribution is 0.0921. The van der Waals surface area contributed by atoms with Crippen molar-refractivity contribution in [3.05, 3.63) is 93.9 Å². The molecular weight excluding hydrogens is 398 g/mol. The summed E-state index contributed by atoms with van der Waals surface area (Å²) in [6.45, 7) is 2.12. The van der Waals surface area contributed by atoms with Gasteiger partial charge < -0.3 is 9.73 Å². The van der Waals surface area contributed by atoms with Crippen LogP contribution in [-0.2, 0) is 27.9 Å². The molecule has 0 radical (unpaired) electrons. The number of sulfone groups is 1. The van der Waals surface area contributed by atoms with Gasteiger partial charge in [0.15, 0.2) is 15.6 Å². The van der Waals surface area contributed by atoms with E-state index in [1.54, 1.807) is 12.1 Å². The lowest BCUT2D eigenvalue weighted by atomic mass is 10.1. The summed E-state index contributed by atoms with van der Waals surface area (Å²) in [4.78, 5) is 12.2. The molecular formula is C21H20ClNO4S. The second kappa shape index (κ2) is 8.63. The van der Waals surface area contributed by atoms with Crippen molar-refractivity contribution >= 4 is 27.3 Å². The van der Waals surface area contributed by atoms with Gasteiger partial charge in [-0.1, -0.05) is 54.1 Å². The van der Waals surface area contributed by atoms with Gasteiger partial charge in [-0.2, -0.15) is 0 Å². The van der Waals surface area contributed by atoms with E-state index in [9.17, 15) is 13.2 Å². The highest BCUT2D eigenvalue weighted by Crippen LogP contribution is 2.18. The van der Waals surface area contributed by atoms with E-state index in [4.69, 9.17) is 16.0 Å². The number of furan rings is 1. The number of aryl methyl sites for hydroxylation is 1. The van der Waals surface area contributed by atoms with E-state index in [0.29, 0.717) is 5.02 Å². The second-order valence-corrected chi connectivity index (χ2v) is 8.97. The molecule has 1 heterocycles. The van der Waals surface area contributed by atoms with Crippen LogP contribution in [0, 0.1) is 6.92 Å². The summed E-state index contributed by atoms with van der Waals surface area (Å²) in [6.07, 6.45) is 0. The second-order valence-electron chi connectivity index (χ2n) is 6.50. The zero-order valence-corrected chi connectivity index (χ0v) is 16.9. The molecule has 1 aromatic heterocycles. The molecule has 0 unspecified atom stereocenters. The van der Waals surface area contributed by atoms with Gasteiger partial charge >= 0.3 is 0 Å². The highest BCUT2D eigenvalue weighted by Gasteiger charge is 2.18. The first kappa shape index (κ1) is 20.2. The van der Waals surface area contributed by atoms with Crippen LogP contribution >= 0.6 is 11.6 Å². The Balaban J connectivity index is 1.62. The lowest BCUT2D eigenvalue weighted by Crippen LogP contribution is -2.22. The maximum atomic E-state index is 12.5. The van der Waals surface area contributed by atoms with E-state index in [0.717, 1.165) is 16.7 Å². The normalized spacial score (nSPS) is 11.4. The number of nitrogens with one attached hydrogen (secondary N) is 1. The van der Waals surface area contributed by atoms with Crippen LogP contribution in [0.1, 0.15) is 33.0 Å². The molecule has 2 aromatic carbocycles. The molecule has 5 nitrogen and oxygen atoms in total. The number of rotatable bonds is 7. The molecule has 0 saturated heterocycles. The van der Waals surface area contributed by atoms with Crippen LogP contribution in [-0.4, -0.2) is 14.3 Å². The SMILES string of the molecule is Cc1ccccc1CS(=O)(=O)Cc1ccc(C(=O)NCc2ccccc2Cl)o1. The fourth-order valence-corrected chi connectivity index (χ4v) is 4.45. The Hall–Kier alpha value is -2.57. The molecule has 1 amide bonds. The Labute approximate surface area is 169 Å². The first-order chi connectivity index (χ1) is 13.3. The van der Waals surface area contributed by atoms with Crippen molar-refractivity contribution in [2.24, 2.45) is 0 Å². The maximum Gasteiger partial charge on any atom is 0.287 e. The summed E-state index contributed by atoms with van der Waals surface area (Å²) in [7, 11) is -3.43. The molecule has 1 N–H and O–H groups in total. The quantitative estimate of drug-likeness (QED) is 0.622. The van der Waals surface area contributed by atoms with E-state index in [-0.39, 0.29) is 29.6 Å². The molecule has 7 heteroatoms. The molecule has 0 bridgehead atoms. The van der Waals surface area contributed by atoms with Gasteiger partial charge in [0.2, 0.25) is 0 Å². The Morgan fingerprint density at radius 3 is 2.36 bits per heavy atom. The summed E-state index contributed by atoms with van der Waals surface area (Å²) in [6, 6.07) is 17.5. The zero-order valence-electron chi connectivity index (χ0n) is 15.3. The number of halogens is 1. The van der Waals surface area contributed by atoms with Crippen molar-refractivity contribution in [2.75, 3.05) is 0 Å². The van der Waals surface area contributed by atoms with Crippen LogP contribution in [0.2, 0.25) is 5.02 Å². The molecule has 0 atom stereocenters. The van der Waals surface area contributed by atoms with Crippen LogP contribution in [0.5, 0.6) is 0 Å². The lowest BCUT2D eigenvalue weighted by Gasteiger charge is -2.06. The average Bonchev–Trinajstić information content (AvgIpc) is 3.10. The van der Waals surface area contributed by atoms with E-state index in [1.807, 2.05) is 43.3 Å². The molecule has 0 spiro atoms. The third-order valence-electron chi connectivity index (χ3n) is 4.28. The van der Waals surface area contributed by atoms with Gasteiger partial charge in [-0.25, -0.2) is 8.42 Å². The third-order valence-corrected chi connectivity index (χ3v) is 6.13. The molecule has 146 valence electrons. The van der Waals surface area contributed by atoms with E-state index >= 15 is 0 Å². The molecule has 3 aromatic rings. The first-order valence-electron chi connectivity index (χ1n) is 8.69. The molecule has 0 aliphatic heterocycles. The summed E-state index contributed by atoms with van der Waals surface area (Å²) in [5.74, 6) is -0.472. The van der Waals surface area contributed by atoms with E-state index in [2.05, 4.69) is 5.32 Å². The van der Waals surface area contributed by atoms with Gasteiger partial charge in [-0.05, 0) is 41.8 Å². The van der Waals surface area contributed by atoms with Crippen LogP contribution in [0.15, 0.2) is 65.1 Å². The fraction of sp³-hybridized carbons (Fsp3) is 0.190. The van der Waals surface area contributed by atoms with Crippen molar-refractivity contribution in [1.82, 2.24) is 5.32 Å². The summed E-state index contributed by atoms with van der Waals surface area (Å²) in [5.41, 5.74) is 2.46. The number of amides is 1. The minimum Gasteiger partial charge on any atom is -0.455 e. The predicted octanol–water partition coefficient (Wildman–Crippen LogP) is 4.29. The number of hydrogen-bond donors (Lipinski definition) is 1. The van der Waals surface area contributed by atoms with Crippen LogP contribution < -0.4 is 5.32 Å². The van der Waals surface area contributed by atoms with Gasteiger partial charge in [0.25, 0.3) is 5.91 Å². The molecule has 0 saturated carbocycles. The van der Waals surface area contributed by atoms with Gasteiger partial charge in [0.1, 0.15) is 11.5 Å². The predicted molar refractivity (Wildman–Crippen MR) is 109 cm³/mol. The largest absolute Gasteiger partial charge is 0.455 e. The van der Waals surface area contributed by atoms with E-state index < -0.39 is 15.7 Å². The number of carbonyl (C=O) groups excluding carboxylic acids is 1. The minimum atomic E-state index is -3.43. The highest BCUT2D eigenvalue weighted by molar-refractivity contribution is 7.89. The maximum absolute atomic E-state index is 12.5. The Kier molecular flexibility index (Phi) is 6.21. The van der Waals surface area contributed by atoms with Crippen molar-refractivity contribution < 1.29 is 17.6 Å². The monoisotopic (exact) mass is 417 g/mol. The van der Waals surface area contributed by atoms with E-state index in [1.165, 1.54) is 12.1 Å². The molecule has 0 aliphatic rings. The van der Waals surface area contributed by atoms with Crippen LogP contribution in [0.3, 0.4) is 0 Å². The number of hydrogen-bond acceptors (Lipinski definition) is 4. The van der Waals surface area contributed by atoms with Crippen LogP contribution in [0.25, 0.3) is 0 Å². The van der Waals surface area contributed by atoms with Gasteiger partial charge in [0, 0.05) is 11.6 Å². The Bertz CT molecular complexity index is 1090. The van der Waals surface area contributed by atoms with Gasteiger partial charge in [-0.3, -0.25) is 4.79 Å². The molecule has 0 aliphatic carbocycles. The molecule has 0 fully saturated rings. The fourth-order valence-electron chi connectivity index (χ4n) is 2.76. The summed E-state index contributed by atoms with van der Waals surface area (Å²) in [5, 5.41) is 3.27. The van der Waals surface area contributed by atoms with Gasteiger partial charge in [-0.15, -0.1) is 0 Å². The zero-order chi connectivity index (χ0) is 20.1. The van der Waals surface area contributed by atoms with Crippen molar-refractivity contribution in [3.63, 3.8) is 0 Å². The first-order valence-corrected chi connectivity index (χ1v) is 10.9. The van der Waals surface area contributed by atoms with Gasteiger partial charge in [0.05, 0.1) is 5.75 Å². The minimum absolute atomic E-state index is 0.0631. The highest BCUT2D eigenvalue weighted by atomic mass is 35.5. The number of benzene rings is 2. The standard InChI is InChI=1S/C21H20ClNO4S/c1-15-6-2-3-8-17(15)13-28(25,26)14-18-10-11-20(27-18)21(24)23-12-16-7-4-5-9-19(16)22/h2-11H,12-14H2,1H3,(H,23,24). The topological polar surface area (TPSA) is 76.4 Å². The molecule has 28 heavy (non-hydrogen) atoms. The smallest absolute Gasteiger partial charge is 0.287 e. The Morgan fingerprint density at radius 2 is 1.64 bits per heavy atom.